The quantitative estimate of drug-likeness (QED) is 0.417. The highest BCUT2D eigenvalue weighted by Crippen LogP contribution is 2.42. The zero-order valence-corrected chi connectivity index (χ0v) is 19.1. The van der Waals surface area contributed by atoms with E-state index in [1.807, 2.05) is 45.0 Å². The Morgan fingerprint density at radius 2 is 1.91 bits per heavy atom. The van der Waals surface area contributed by atoms with Gasteiger partial charge in [0, 0.05) is 5.02 Å². The molecule has 1 aliphatic rings. The highest BCUT2D eigenvalue weighted by molar-refractivity contribution is 7.15. The van der Waals surface area contributed by atoms with Gasteiger partial charge in [-0.2, -0.15) is 0 Å². The Morgan fingerprint density at radius 1 is 1.16 bits per heavy atom. The minimum Gasteiger partial charge on any atom is -0.494 e. The van der Waals surface area contributed by atoms with Crippen molar-refractivity contribution in [1.82, 2.24) is 10.2 Å². The average molecular weight is 468 g/mol. The standard InChI is InChI=1S/C23H18ClN3O4S/c1-4-30-14-7-5-13(6-8-14)19-18-20(28)15-10-16(24)11(2)9-17(15)31-21(18)22(29)27(19)23-26-25-12(3)32-23/h5-10,19H,4H2,1-3H3. The maximum Gasteiger partial charge on any atom is 0.297 e. The summed E-state index contributed by atoms with van der Waals surface area (Å²) in [4.78, 5) is 28.6. The maximum absolute atomic E-state index is 13.6. The van der Waals surface area contributed by atoms with Crippen LogP contribution in [-0.4, -0.2) is 22.7 Å². The van der Waals surface area contributed by atoms with Crippen LogP contribution < -0.4 is 15.1 Å². The molecule has 1 atom stereocenters. The second-order valence-corrected chi connectivity index (χ2v) is 9.02. The lowest BCUT2D eigenvalue weighted by molar-refractivity contribution is 0.0970. The van der Waals surface area contributed by atoms with Crippen molar-refractivity contribution in [2.75, 3.05) is 11.5 Å². The number of hydrogen-bond donors (Lipinski definition) is 0. The van der Waals surface area contributed by atoms with Gasteiger partial charge in [0.25, 0.3) is 5.91 Å². The molecular formula is C23H18ClN3O4S. The minimum absolute atomic E-state index is 0.0101. The molecule has 32 heavy (non-hydrogen) atoms. The average Bonchev–Trinajstić information content (AvgIpc) is 3.32. The number of ether oxygens (including phenoxy) is 1. The second-order valence-electron chi connectivity index (χ2n) is 7.45. The first-order valence-electron chi connectivity index (χ1n) is 10.0. The minimum atomic E-state index is -0.707. The van der Waals surface area contributed by atoms with Gasteiger partial charge >= 0.3 is 0 Å². The van der Waals surface area contributed by atoms with Crippen molar-refractivity contribution in [3.8, 4) is 5.75 Å². The van der Waals surface area contributed by atoms with Crippen LogP contribution in [0.1, 0.15) is 45.2 Å². The summed E-state index contributed by atoms with van der Waals surface area (Å²) in [7, 11) is 0. The van der Waals surface area contributed by atoms with E-state index >= 15 is 0 Å². The number of aromatic nitrogens is 2. The van der Waals surface area contributed by atoms with Crippen LogP contribution in [0.15, 0.2) is 45.6 Å². The van der Waals surface area contributed by atoms with Crippen molar-refractivity contribution in [1.29, 1.82) is 0 Å². The molecule has 0 saturated carbocycles. The van der Waals surface area contributed by atoms with E-state index in [4.69, 9.17) is 20.8 Å². The van der Waals surface area contributed by atoms with E-state index < -0.39 is 11.9 Å². The lowest BCUT2D eigenvalue weighted by atomic mass is 9.98. The van der Waals surface area contributed by atoms with Gasteiger partial charge in [0.15, 0.2) is 5.43 Å². The summed E-state index contributed by atoms with van der Waals surface area (Å²) in [5, 5.41) is 10.1. The first kappa shape index (κ1) is 20.7. The lowest BCUT2D eigenvalue weighted by Gasteiger charge is -2.22. The van der Waals surface area contributed by atoms with Crippen LogP contribution >= 0.6 is 22.9 Å². The van der Waals surface area contributed by atoms with Crippen LogP contribution in [0.25, 0.3) is 11.0 Å². The van der Waals surface area contributed by atoms with Crippen LogP contribution in [0.3, 0.4) is 0 Å². The summed E-state index contributed by atoms with van der Waals surface area (Å²) in [6, 6.07) is 9.87. The van der Waals surface area contributed by atoms with Gasteiger partial charge in [-0.15, -0.1) is 10.2 Å². The molecule has 5 rings (SSSR count). The fourth-order valence-corrected chi connectivity index (χ4v) is 4.78. The molecule has 4 aromatic rings. The van der Waals surface area contributed by atoms with Crippen LogP contribution in [0.5, 0.6) is 5.75 Å². The number of nitrogens with zero attached hydrogens (tertiary/aromatic N) is 3. The fraction of sp³-hybridized carbons (Fsp3) is 0.217. The predicted octanol–water partition coefficient (Wildman–Crippen LogP) is 5.06. The molecule has 3 heterocycles. The van der Waals surface area contributed by atoms with E-state index in [2.05, 4.69) is 10.2 Å². The Hall–Kier alpha value is -3.23. The Morgan fingerprint density at radius 3 is 2.56 bits per heavy atom. The zero-order chi connectivity index (χ0) is 22.6. The SMILES string of the molecule is CCOc1ccc(C2c3c(oc4cc(C)c(Cl)cc4c3=O)C(=O)N2c2nnc(C)s2)cc1. The third-order valence-electron chi connectivity index (χ3n) is 5.38. The topological polar surface area (TPSA) is 85.5 Å². The van der Waals surface area contributed by atoms with E-state index in [-0.39, 0.29) is 16.8 Å². The van der Waals surface area contributed by atoms with E-state index in [1.165, 1.54) is 16.2 Å². The van der Waals surface area contributed by atoms with Gasteiger partial charge in [0.05, 0.1) is 23.6 Å². The van der Waals surface area contributed by atoms with E-state index in [9.17, 15) is 9.59 Å². The van der Waals surface area contributed by atoms with Gasteiger partial charge in [-0.1, -0.05) is 35.1 Å². The third-order valence-corrected chi connectivity index (χ3v) is 6.62. The summed E-state index contributed by atoms with van der Waals surface area (Å²) in [6.45, 7) is 6.07. The summed E-state index contributed by atoms with van der Waals surface area (Å²) < 4.78 is 11.5. The van der Waals surface area contributed by atoms with Crippen molar-refractivity contribution in [3.05, 3.63) is 79.1 Å². The van der Waals surface area contributed by atoms with E-state index in [0.29, 0.717) is 38.5 Å². The summed E-state index contributed by atoms with van der Waals surface area (Å²) in [5.74, 6) is 0.282. The molecule has 0 N–H and O–H groups in total. The largest absolute Gasteiger partial charge is 0.494 e. The summed E-state index contributed by atoms with van der Waals surface area (Å²) >= 11 is 7.56. The van der Waals surface area contributed by atoms with Gasteiger partial charge in [-0.3, -0.25) is 14.5 Å². The van der Waals surface area contributed by atoms with Gasteiger partial charge in [-0.25, -0.2) is 0 Å². The first-order valence-corrected chi connectivity index (χ1v) is 11.2. The molecule has 2 aromatic heterocycles. The fourth-order valence-electron chi connectivity index (χ4n) is 3.90. The smallest absolute Gasteiger partial charge is 0.297 e. The molecule has 9 heteroatoms. The second kappa shape index (κ2) is 7.72. The number of aryl methyl sites for hydroxylation is 2. The number of benzene rings is 2. The number of halogens is 1. The lowest BCUT2D eigenvalue weighted by Crippen LogP contribution is -2.29. The molecule has 0 fully saturated rings. The highest BCUT2D eigenvalue weighted by atomic mass is 35.5. The molecule has 162 valence electrons. The van der Waals surface area contributed by atoms with Gasteiger partial charge in [0.2, 0.25) is 10.9 Å². The van der Waals surface area contributed by atoms with Crippen molar-refractivity contribution in [3.63, 3.8) is 0 Å². The molecule has 0 saturated heterocycles. The number of carbonyl (C=O) groups excluding carboxylic acids is 1. The van der Waals surface area contributed by atoms with E-state index in [1.54, 1.807) is 12.1 Å². The van der Waals surface area contributed by atoms with E-state index in [0.717, 1.165) is 11.1 Å². The van der Waals surface area contributed by atoms with Crippen molar-refractivity contribution < 1.29 is 13.9 Å². The predicted molar refractivity (Wildman–Crippen MR) is 123 cm³/mol. The normalized spacial score (nSPS) is 15.4. The summed E-state index contributed by atoms with van der Waals surface area (Å²) in [5.41, 5.74) is 1.79. The zero-order valence-electron chi connectivity index (χ0n) is 17.5. The van der Waals surface area contributed by atoms with Crippen molar-refractivity contribution in [2.24, 2.45) is 0 Å². The Bertz CT molecular complexity index is 1430. The molecule has 0 bridgehead atoms. The number of hydrogen-bond acceptors (Lipinski definition) is 7. The molecule has 7 nitrogen and oxygen atoms in total. The van der Waals surface area contributed by atoms with Gasteiger partial charge in [-0.05, 0) is 56.2 Å². The molecular weight excluding hydrogens is 450 g/mol. The molecule has 0 aliphatic carbocycles. The maximum atomic E-state index is 13.6. The number of anilines is 1. The number of fused-ring (bicyclic) bond motifs is 2. The molecule has 0 spiro atoms. The third kappa shape index (κ3) is 3.18. The Kier molecular flexibility index (Phi) is 4.98. The Labute approximate surface area is 192 Å². The van der Waals surface area contributed by atoms with Crippen LogP contribution in [-0.2, 0) is 0 Å². The monoisotopic (exact) mass is 467 g/mol. The van der Waals surface area contributed by atoms with Crippen LogP contribution in [0, 0.1) is 13.8 Å². The number of rotatable bonds is 4. The van der Waals surface area contributed by atoms with Crippen molar-refractivity contribution >= 4 is 44.9 Å². The molecule has 1 unspecified atom stereocenters. The molecule has 2 aromatic carbocycles. The molecule has 0 radical (unpaired) electrons. The van der Waals surface area contributed by atoms with Gasteiger partial charge < -0.3 is 9.15 Å². The van der Waals surface area contributed by atoms with Gasteiger partial charge in [0.1, 0.15) is 16.3 Å². The molecule has 1 amide bonds. The highest BCUT2D eigenvalue weighted by Gasteiger charge is 2.45. The number of carbonyl (C=O) groups is 1. The molecule has 1 aliphatic heterocycles. The van der Waals surface area contributed by atoms with Crippen LogP contribution in [0.2, 0.25) is 5.02 Å². The first-order chi connectivity index (χ1) is 15.4. The summed E-state index contributed by atoms with van der Waals surface area (Å²) in [6.07, 6.45) is 0. The Balaban J connectivity index is 1.77. The van der Waals surface area contributed by atoms with Crippen LogP contribution in [0.4, 0.5) is 5.13 Å². The van der Waals surface area contributed by atoms with Crippen molar-refractivity contribution in [2.45, 2.75) is 26.8 Å². The number of amides is 1.